The Balaban J connectivity index is 1.66. The summed E-state index contributed by atoms with van der Waals surface area (Å²) in [5, 5.41) is 10.2. The highest BCUT2D eigenvalue weighted by Gasteiger charge is 2.24. The third kappa shape index (κ3) is 3.26. The standard InChI is InChI=1S/C16H20N2O2S/c1-12(15-10-13-4-2-3-5-14(13)21-15)18-8-6-17(7-9-18)11-16(19)20/h2-5,10,12H,6-9,11H2,1H3,(H,19,20). The first-order valence-corrected chi connectivity index (χ1v) is 8.12. The maximum atomic E-state index is 10.8. The van der Waals surface area contributed by atoms with Crippen molar-refractivity contribution in [2.24, 2.45) is 0 Å². The van der Waals surface area contributed by atoms with E-state index in [0.717, 1.165) is 26.2 Å². The molecular weight excluding hydrogens is 284 g/mol. The highest BCUT2D eigenvalue weighted by molar-refractivity contribution is 7.19. The minimum absolute atomic E-state index is 0.158. The lowest BCUT2D eigenvalue weighted by molar-refractivity contribution is -0.138. The van der Waals surface area contributed by atoms with Crippen molar-refractivity contribution in [2.75, 3.05) is 32.7 Å². The number of piperazine rings is 1. The second-order valence-corrected chi connectivity index (χ2v) is 6.68. The van der Waals surface area contributed by atoms with Crippen LogP contribution in [0.15, 0.2) is 30.3 Å². The number of carboxylic acids is 1. The van der Waals surface area contributed by atoms with E-state index in [1.54, 1.807) is 0 Å². The van der Waals surface area contributed by atoms with Crippen molar-refractivity contribution in [1.82, 2.24) is 9.80 Å². The van der Waals surface area contributed by atoms with E-state index in [0.29, 0.717) is 6.04 Å². The minimum atomic E-state index is -0.735. The molecule has 5 heteroatoms. The summed E-state index contributed by atoms with van der Waals surface area (Å²) in [6.07, 6.45) is 0. The zero-order valence-electron chi connectivity index (χ0n) is 12.2. The van der Waals surface area contributed by atoms with E-state index >= 15 is 0 Å². The van der Waals surface area contributed by atoms with Crippen LogP contribution < -0.4 is 0 Å². The Morgan fingerprint density at radius 3 is 2.67 bits per heavy atom. The summed E-state index contributed by atoms with van der Waals surface area (Å²) < 4.78 is 1.34. The van der Waals surface area contributed by atoms with E-state index in [4.69, 9.17) is 5.11 Å². The van der Waals surface area contributed by atoms with Crippen molar-refractivity contribution in [1.29, 1.82) is 0 Å². The Morgan fingerprint density at radius 1 is 1.29 bits per heavy atom. The number of rotatable bonds is 4. The molecule has 1 fully saturated rings. The molecule has 0 aliphatic carbocycles. The number of benzene rings is 1. The average molecular weight is 304 g/mol. The van der Waals surface area contributed by atoms with Gasteiger partial charge in [0.05, 0.1) is 6.54 Å². The lowest BCUT2D eigenvalue weighted by atomic mass is 10.1. The molecule has 4 nitrogen and oxygen atoms in total. The number of hydrogen-bond donors (Lipinski definition) is 1. The van der Waals surface area contributed by atoms with Crippen LogP contribution in [0.4, 0.5) is 0 Å². The van der Waals surface area contributed by atoms with Crippen molar-refractivity contribution in [2.45, 2.75) is 13.0 Å². The van der Waals surface area contributed by atoms with Crippen LogP contribution in [-0.4, -0.2) is 53.6 Å². The van der Waals surface area contributed by atoms with Crippen molar-refractivity contribution in [3.63, 3.8) is 0 Å². The summed E-state index contributed by atoms with van der Waals surface area (Å²) >= 11 is 1.86. The molecule has 21 heavy (non-hydrogen) atoms. The van der Waals surface area contributed by atoms with Gasteiger partial charge >= 0.3 is 5.97 Å². The quantitative estimate of drug-likeness (QED) is 0.943. The molecule has 1 aromatic carbocycles. The summed E-state index contributed by atoms with van der Waals surface area (Å²) in [6, 6.07) is 11.2. The van der Waals surface area contributed by atoms with Gasteiger partial charge in [-0.2, -0.15) is 0 Å². The summed E-state index contributed by atoms with van der Waals surface area (Å²) in [5.74, 6) is -0.735. The molecule has 0 spiro atoms. The van der Waals surface area contributed by atoms with Crippen LogP contribution in [-0.2, 0) is 4.79 Å². The Kier molecular flexibility index (Phi) is 4.24. The lowest BCUT2D eigenvalue weighted by Gasteiger charge is -2.37. The predicted octanol–water partition coefficient (Wildman–Crippen LogP) is 2.66. The fourth-order valence-electron chi connectivity index (χ4n) is 2.89. The van der Waals surface area contributed by atoms with E-state index in [9.17, 15) is 4.79 Å². The van der Waals surface area contributed by atoms with Gasteiger partial charge < -0.3 is 5.11 Å². The molecule has 2 heterocycles. The number of nitrogens with zero attached hydrogens (tertiary/aromatic N) is 2. The van der Waals surface area contributed by atoms with Crippen LogP contribution >= 0.6 is 11.3 Å². The van der Waals surface area contributed by atoms with Gasteiger partial charge in [0.25, 0.3) is 0 Å². The van der Waals surface area contributed by atoms with Gasteiger partial charge in [0.1, 0.15) is 0 Å². The Hall–Kier alpha value is -1.43. The Morgan fingerprint density at radius 2 is 2.00 bits per heavy atom. The van der Waals surface area contributed by atoms with Gasteiger partial charge in [-0.3, -0.25) is 14.6 Å². The highest BCUT2D eigenvalue weighted by Crippen LogP contribution is 2.32. The fourth-order valence-corrected chi connectivity index (χ4v) is 4.04. The number of aliphatic carboxylic acids is 1. The number of carboxylic acid groups (broad SMARTS) is 1. The summed E-state index contributed by atoms with van der Waals surface area (Å²) in [7, 11) is 0. The monoisotopic (exact) mass is 304 g/mol. The van der Waals surface area contributed by atoms with E-state index in [1.165, 1.54) is 15.0 Å². The molecule has 0 bridgehead atoms. The van der Waals surface area contributed by atoms with E-state index in [1.807, 2.05) is 16.2 Å². The fraction of sp³-hybridized carbons (Fsp3) is 0.438. The number of carbonyl (C=O) groups is 1. The molecule has 3 rings (SSSR count). The normalized spacial score (nSPS) is 18.9. The molecule has 0 saturated carbocycles. The number of hydrogen-bond acceptors (Lipinski definition) is 4. The third-order valence-corrected chi connectivity index (χ3v) is 5.46. The maximum Gasteiger partial charge on any atom is 0.317 e. The average Bonchev–Trinajstić information content (AvgIpc) is 2.90. The summed E-state index contributed by atoms with van der Waals surface area (Å²) in [4.78, 5) is 16.6. The van der Waals surface area contributed by atoms with E-state index < -0.39 is 5.97 Å². The summed E-state index contributed by atoms with van der Waals surface area (Å²) in [6.45, 7) is 5.94. The van der Waals surface area contributed by atoms with Crippen LogP contribution in [0.3, 0.4) is 0 Å². The molecule has 0 amide bonds. The lowest BCUT2D eigenvalue weighted by Crippen LogP contribution is -2.48. The Bertz CT molecular complexity index is 599. The minimum Gasteiger partial charge on any atom is -0.480 e. The SMILES string of the molecule is CC(c1cc2ccccc2s1)N1CCN(CC(=O)O)CC1. The molecule has 1 aliphatic rings. The van der Waals surface area contributed by atoms with E-state index in [2.05, 4.69) is 42.2 Å². The summed E-state index contributed by atoms with van der Waals surface area (Å²) in [5.41, 5.74) is 0. The number of fused-ring (bicyclic) bond motifs is 1. The molecule has 1 N–H and O–H groups in total. The second kappa shape index (κ2) is 6.13. The number of thiophene rings is 1. The van der Waals surface area contributed by atoms with Crippen molar-refractivity contribution in [3.05, 3.63) is 35.2 Å². The van der Waals surface area contributed by atoms with Gasteiger partial charge in [-0.1, -0.05) is 18.2 Å². The van der Waals surface area contributed by atoms with Crippen LogP contribution in [0.25, 0.3) is 10.1 Å². The highest BCUT2D eigenvalue weighted by atomic mass is 32.1. The zero-order valence-corrected chi connectivity index (χ0v) is 13.0. The molecule has 1 aromatic heterocycles. The zero-order chi connectivity index (χ0) is 14.8. The largest absolute Gasteiger partial charge is 0.480 e. The first kappa shape index (κ1) is 14.5. The van der Waals surface area contributed by atoms with Gasteiger partial charge in [-0.25, -0.2) is 0 Å². The van der Waals surface area contributed by atoms with Gasteiger partial charge in [-0.05, 0) is 24.4 Å². The van der Waals surface area contributed by atoms with Crippen molar-refractivity contribution >= 4 is 27.4 Å². The first-order valence-electron chi connectivity index (χ1n) is 7.30. The van der Waals surface area contributed by atoms with Gasteiger partial charge in [0.15, 0.2) is 0 Å². The van der Waals surface area contributed by atoms with Crippen molar-refractivity contribution in [3.8, 4) is 0 Å². The Labute approximate surface area is 128 Å². The topological polar surface area (TPSA) is 43.8 Å². The maximum absolute atomic E-state index is 10.8. The molecule has 0 radical (unpaired) electrons. The van der Waals surface area contributed by atoms with Crippen LogP contribution in [0, 0.1) is 0 Å². The van der Waals surface area contributed by atoms with Crippen LogP contribution in [0.1, 0.15) is 17.8 Å². The molecule has 1 atom stereocenters. The molecule has 1 saturated heterocycles. The van der Waals surface area contributed by atoms with Crippen LogP contribution in [0.5, 0.6) is 0 Å². The molecule has 1 aliphatic heterocycles. The molecular formula is C16H20N2O2S. The molecule has 1 unspecified atom stereocenters. The van der Waals surface area contributed by atoms with Gasteiger partial charge in [0, 0.05) is 41.8 Å². The van der Waals surface area contributed by atoms with Crippen molar-refractivity contribution < 1.29 is 9.90 Å². The third-order valence-electron chi connectivity index (χ3n) is 4.17. The van der Waals surface area contributed by atoms with Crippen LogP contribution in [0.2, 0.25) is 0 Å². The van der Waals surface area contributed by atoms with Gasteiger partial charge in [0.2, 0.25) is 0 Å². The predicted molar refractivity (Wildman–Crippen MR) is 85.9 cm³/mol. The first-order chi connectivity index (χ1) is 10.1. The second-order valence-electron chi connectivity index (χ2n) is 5.57. The molecule has 2 aromatic rings. The molecule has 112 valence electrons. The van der Waals surface area contributed by atoms with E-state index in [-0.39, 0.29) is 6.54 Å². The van der Waals surface area contributed by atoms with Gasteiger partial charge in [-0.15, -0.1) is 11.3 Å². The smallest absolute Gasteiger partial charge is 0.317 e.